The summed E-state index contributed by atoms with van der Waals surface area (Å²) in [7, 11) is -6.69. The summed E-state index contributed by atoms with van der Waals surface area (Å²) in [5.74, 6) is -4.95. The zero-order valence-electron chi connectivity index (χ0n) is 47.4. The second kappa shape index (κ2) is 34.1. The van der Waals surface area contributed by atoms with Gasteiger partial charge in [-0.1, -0.05) is 30.3 Å². The average Bonchev–Trinajstić information content (AvgIpc) is 1.55. The lowest BCUT2D eigenvalue weighted by molar-refractivity contribution is -0.140. The van der Waals surface area contributed by atoms with Crippen LogP contribution < -0.4 is 31.0 Å². The molecule has 0 bridgehead atoms. The number of fused-ring (bicyclic) bond motifs is 1. The molecule has 5 aromatic rings. The Balaban J connectivity index is 0.830. The maximum absolute atomic E-state index is 13.4. The van der Waals surface area contributed by atoms with Crippen molar-refractivity contribution >= 4 is 66.7 Å². The molecule has 1 fully saturated rings. The summed E-state index contributed by atoms with van der Waals surface area (Å²) < 4.78 is 75.6. The van der Waals surface area contributed by atoms with E-state index < -0.39 is 67.8 Å². The molecule has 6 rings (SSSR count). The molecule has 0 aliphatic carbocycles. The normalized spacial score (nSPS) is 14.9. The maximum Gasteiger partial charge on any atom is 0.323 e. The number of imidazole rings is 1. The third-order valence-corrected chi connectivity index (χ3v) is 16.4. The Morgan fingerprint density at radius 1 is 0.663 bits per heavy atom. The Labute approximate surface area is 496 Å². The van der Waals surface area contributed by atoms with Crippen molar-refractivity contribution in [1.82, 2.24) is 54.4 Å². The number of pyridine rings is 1. The van der Waals surface area contributed by atoms with Gasteiger partial charge in [0.15, 0.2) is 5.95 Å². The number of sulfonamides is 2. The van der Waals surface area contributed by atoms with Crippen LogP contribution in [0, 0.1) is 0 Å². The van der Waals surface area contributed by atoms with E-state index in [-0.39, 0.29) is 73.5 Å². The number of amides is 1. The summed E-state index contributed by atoms with van der Waals surface area (Å²) in [6.07, 6.45) is 4.97. The van der Waals surface area contributed by atoms with Crippen LogP contribution in [0.1, 0.15) is 22.3 Å². The number of ether oxygens (including phenoxy) is 3. The minimum atomic E-state index is -4.45. The van der Waals surface area contributed by atoms with E-state index in [1.165, 1.54) is 42.6 Å². The zero-order chi connectivity index (χ0) is 62.1. The summed E-state index contributed by atoms with van der Waals surface area (Å²) >= 11 is 0. The second-order valence-corrected chi connectivity index (χ2v) is 23.3. The zero-order valence-corrected chi connectivity index (χ0v) is 49.1. The van der Waals surface area contributed by atoms with Crippen LogP contribution in [0.5, 0.6) is 0 Å². The van der Waals surface area contributed by atoms with Gasteiger partial charge in [-0.3, -0.25) is 53.2 Å². The molecule has 0 radical (unpaired) electrons. The minimum Gasteiger partial charge on any atom is -0.480 e. The van der Waals surface area contributed by atoms with E-state index in [9.17, 15) is 66.0 Å². The number of aromatic amines is 1. The molecule has 32 heteroatoms. The van der Waals surface area contributed by atoms with Crippen molar-refractivity contribution in [3.8, 4) is 11.1 Å². The Kier molecular flexibility index (Phi) is 26.9. The van der Waals surface area contributed by atoms with Gasteiger partial charge in [0.2, 0.25) is 25.5 Å². The number of aromatic nitrogens is 3. The molecule has 1 aliphatic heterocycles. The fourth-order valence-corrected chi connectivity index (χ4v) is 11.1. The van der Waals surface area contributed by atoms with Crippen molar-refractivity contribution in [3.05, 3.63) is 107 Å². The van der Waals surface area contributed by atoms with Crippen LogP contribution in [0.4, 0.5) is 5.95 Å². The number of carboxylic acid groups (broad SMARTS) is 4. The molecular formula is C54H74N12O18S2. The number of hydrogen-bond acceptors (Lipinski definition) is 21. The first kappa shape index (κ1) is 67.8. The first-order chi connectivity index (χ1) is 41.2. The molecule has 1 atom stereocenters. The fourth-order valence-electron chi connectivity index (χ4n) is 8.81. The number of benzene rings is 3. The molecule has 2 aromatic heterocycles. The van der Waals surface area contributed by atoms with E-state index in [1.54, 1.807) is 69.0 Å². The minimum absolute atomic E-state index is 0.00273. The molecule has 1 amide bonds. The van der Waals surface area contributed by atoms with Gasteiger partial charge in [0, 0.05) is 116 Å². The van der Waals surface area contributed by atoms with Gasteiger partial charge in [0.05, 0.1) is 68.0 Å². The first-order valence-corrected chi connectivity index (χ1v) is 30.4. The highest BCUT2D eigenvalue weighted by molar-refractivity contribution is 7.89. The third-order valence-electron chi connectivity index (χ3n) is 13.4. The predicted molar refractivity (Wildman–Crippen MR) is 311 cm³/mol. The van der Waals surface area contributed by atoms with Crippen molar-refractivity contribution in [2.24, 2.45) is 7.05 Å². The summed E-state index contributed by atoms with van der Waals surface area (Å²) in [6.45, 7) is 4.09. The van der Waals surface area contributed by atoms with Gasteiger partial charge in [-0.05, 0) is 59.5 Å². The van der Waals surface area contributed by atoms with E-state index in [0.717, 1.165) is 5.56 Å². The molecule has 1 saturated heterocycles. The largest absolute Gasteiger partial charge is 0.480 e. The number of aliphatic carboxylic acids is 4. The van der Waals surface area contributed by atoms with Gasteiger partial charge in [-0.25, -0.2) is 26.5 Å². The van der Waals surface area contributed by atoms with Gasteiger partial charge in [0.1, 0.15) is 18.3 Å². The van der Waals surface area contributed by atoms with E-state index in [0.29, 0.717) is 114 Å². The summed E-state index contributed by atoms with van der Waals surface area (Å²) in [6, 6.07) is 14.6. The van der Waals surface area contributed by atoms with E-state index in [1.807, 2.05) is 4.90 Å². The Bertz CT molecular complexity index is 3270. The van der Waals surface area contributed by atoms with E-state index in [4.69, 9.17) is 19.0 Å². The van der Waals surface area contributed by atoms with E-state index >= 15 is 0 Å². The fraction of sp³-hybridized carbons (Fsp3) is 0.463. The molecule has 3 aromatic carbocycles. The SMILES string of the molecule is Cn1cc(C(=O)NC[C@H](NS(=O)(=O)c2ccc(-c3ccc(S(=O)(=O)NCCCOCCOCCOCCNOCN4CCN(CC(=O)O)CCN(CC(=O)O)CCN(CC(=O)O)CC4)cc3)cc2)C(=O)O)c(=O)c2ccc(CNc3ncc[nH]3)cc21. The number of carbonyl (C=O) groups excluding carboxylic acids is 1. The van der Waals surface area contributed by atoms with Crippen molar-refractivity contribution < 1.29 is 80.3 Å². The number of hydrogen-bond donors (Lipinski definition) is 10. The van der Waals surface area contributed by atoms with Crippen molar-refractivity contribution in [1.29, 1.82) is 0 Å². The number of aryl methyl sites for hydroxylation is 1. The number of hydroxylamine groups is 1. The lowest BCUT2D eigenvalue weighted by atomic mass is 10.1. The molecule has 3 heterocycles. The van der Waals surface area contributed by atoms with E-state index in [2.05, 4.69) is 35.5 Å². The summed E-state index contributed by atoms with van der Waals surface area (Å²) in [5, 5.41) is 43.8. The Hall–Kier alpha value is -7.31. The van der Waals surface area contributed by atoms with Crippen molar-refractivity contribution in [2.45, 2.75) is 28.8 Å². The van der Waals surface area contributed by atoms with Gasteiger partial charge >= 0.3 is 23.9 Å². The standard InChI is InChI=1S/C54H74N12O18S2/c1-62-34-45(51(73)44-12-3-39(31-47(44)62)32-58-54-55-14-15-56-54)52(74)57-33-46(53(75)76)61-86(79,80)43-10-6-41(7-11-43)40-4-8-42(9-5-40)85(77,78)60-13-2-25-81-27-29-83-30-28-82-26-16-59-84-38-66-23-21-64(36-49(69)70)19-17-63(35-48(67)68)18-20-65(22-24-66)37-50(71)72/h3-12,14-15,31,34,46,59-61H,2,13,16-30,32-33,35-38H2,1H3,(H,57,74)(H,67,68)(H,69,70)(H,71,72)(H,75,76)(H2,55,56,58)/t46-/m0/s1. The molecule has 30 nitrogen and oxygen atoms in total. The first-order valence-electron chi connectivity index (χ1n) is 27.4. The number of carboxylic acids is 4. The third kappa shape index (κ3) is 22.5. The smallest absolute Gasteiger partial charge is 0.323 e. The maximum atomic E-state index is 13.4. The topological polar surface area (TPSA) is 395 Å². The lowest BCUT2D eigenvalue weighted by Crippen LogP contribution is -2.49. The molecule has 10 N–H and O–H groups in total. The van der Waals surface area contributed by atoms with Crippen LogP contribution in [-0.2, 0) is 71.9 Å². The number of rotatable bonds is 35. The van der Waals surface area contributed by atoms with Crippen LogP contribution in [0.3, 0.4) is 0 Å². The van der Waals surface area contributed by atoms with Gasteiger partial charge < -0.3 is 54.8 Å². The quantitative estimate of drug-likeness (QED) is 0.0178. The predicted octanol–water partition coefficient (Wildman–Crippen LogP) is -0.626. The molecule has 86 heavy (non-hydrogen) atoms. The molecule has 0 saturated carbocycles. The molecule has 470 valence electrons. The van der Waals surface area contributed by atoms with Crippen LogP contribution in [0.15, 0.2) is 99.9 Å². The number of H-pyrrole nitrogens is 1. The average molecular weight is 1240 g/mol. The molecule has 0 unspecified atom stereocenters. The van der Waals surface area contributed by atoms with Crippen molar-refractivity contribution in [2.75, 3.05) is 143 Å². The summed E-state index contributed by atoms with van der Waals surface area (Å²) in [4.78, 5) is 92.7. The number of nitrogens with zero attached hydrogens (tertiary/aromatic N) is 6. The van der Waals surface area contributed by atoms with Crippen LogP contribution in [-0.4, -0.2) is 245 Å². The number of nitrogens with one attached hydrogen (secondary N) is 6. The monoisotopic (exact) mass is 1240 g/mol. The van der Waals surface area contributed by atoms with Gasteiger partial charge in [-0.2, -0.15) is 10.2 Å². The molecule has 0 spiro atoms. The second-order valence-electron chi connectivity index (χ2n) is 19.8. The lowest BCUT2D eigenvalue weighted by Gasteiger charge is -2.32. The number of carbonyl (C=O) groups is 5. The molecular weight excluding hydrogens is 1170 g/mol. The van der Waals surface area contributed by atoms with Crippen LogP contribution >= 0.6 is 0 Å². The van der Waals surface area contributed by atoms with Gasteiger partial charge in [-0.15, -0.1) is 0 Å². The molecule has 1 aliphatic rings. The summed E-state index contributed by atoms with van der Waals surface area (Å²) in [5.41, 5.74) is 4.44. The highest BCUT2D eigenvalue weighted by Crippen LogP contribution is 2.24. The van der Waals surface area contributed by atoms with Crippen LogP contribution in [0.25, 0.3) is 22.0 Å². The van der Waals surface area contributed by atoms with Gasteiger partial charge in [0.25, 0.3) is 5.91 Å². The Morgan fingerprint density at radius 3 is 1.71 bits per heavy atom. The highest BCUT2D eigenvalue weighted by Gasteiger charge is 2.28. The van der Waals surface area contributed by atoms with Crippen molar-refractivity contribution in [3.63, 3.8) is 0 Å². The van der Waals surface area contributed by atoms with Crippen LogP contribution in [0.2, 0.25) is 0 Å². The highest BCUT2D eigenvalue weighted by atomic mass is 32.2. The number of anilines is 1. The Morgan fingerprint density at radius 2 is 1.19 bits per heavy atom.